The van der Waals surface area contributed by atoms with Crippen LogP contribution < -0.4 is 0 Å². The summed E-state index contributed by atoms with van der Waals surface area (Å²) in [5.74, 6) is -3.27. The summed E-state index contributed by atoms with van der Waals surface area (Å²) in [5, 5.41) is 9.53. The number of aryl methyl sites for hydroxylation is 1. The second-order valence-electron chi connectivity index (χ2n) is 5.91. The van der Waals surface area contributed by atoms with Crippen LogP contribution in [0.2, 0.25) is 0 Å². The third-order valence-corrected chi connectivity index (χ3v) is 4.26. The molecule has 0 atom stereocenters. The summed E-state index contributed by atoms with van der Waals surface area (Å²) in [7, 11) is 1.50. The highest BCUT2D eigenvalue weighted by Crippen LogP contribution is 2.36. The first-order valence-corrected chi connectivity index (χ1v) is 7.80. The highest BCUT2D eigenvalue weighted by Gasteiger charge is 2.29. The van der Waals surface area contributed by atoms with Crippen LogP contribution in [0.25, 0.3) is 11.1 Å². The summed E-state index contributed by atoms with van der Waals surface area (Å²) in [4.78, 5) is 24.7. The Morgan fingerprint density at radius 1 is 0.962 bits per heavy atom. The Bertz CT molecular complexity index is 1020. The van der Waals surface area contributed by atoms with Crippen LogP contribution in [0.3, 0.4) is 0 Å². The van der Waals surface area contributed by atoms with E-state index in [0.29, 0.717) is 5.56 Å². The molecular formula is C20H15F2NO3. The van der Waals surface area contributed by atoms with Gasteiger partial charge in [-0.3, -0.25) is 4.79 Å². The molecule has 0 saturated heterocycles. The maximum atomic E-state index is 14.5. The van der Waals surface area contributed by atoms with Crippen LogP contribution in [-0.4, -0.2) is 21.4 Å². The predicted octanol–water partition coefficient (Wildman–Crippen LogP) is 4.21. The van der Waals surface area contributed by atoms with Crippen LogP contribution in [0.1, 0.15) is 32.0 Å². The van der Waals surface area contributed by atoms with Crippen molar-refractivity contribution in [1.82, 2.24) is 4.57 Å². The molecule has 0 aliphatic carbocycles. The average molecular weight is 355 g/mol. The van der Waals surface area contributed by atoms with Crippen LogP contribution in [-0.2, 0) is 7.05 Å². The Hall–Kier alpha value is -3.28. The molecule has 4 nitrogen and oxygen atoms in total. The molecular weight excluding hydrogens is 340 g/mol. The fourth-order valence-corrected chi connectivity index (χ4v) is 3.00. The van der Waals surface area contributed by atoms with Gasteiger partial charge in [0.2, 0.25) is 5.78 Å². The van der Waals surface area contributed by atoms with Gasteiger partial charge in [0.05, 0.1) is 11.3 Å². The molecule has 0 unspecified atom stereocenters. The number of hydrogen-bond acceptors (Lipinski definition) is 2. The first kappa shape index (κ1) is 17.5. The number of carbonyl (C=O) groups excluding carboxylic acids is 1. The Labute approximate surface area is 148 Å². The van der Waals surface area contributed by atoms with Gasteiger partial charge in [-0.1, -0.05) is 30.3 Å². The van der Waals surface area contributed by atoms with Gasteiger partial charge in [0, 0.05) is 29.9 Å². The first-order valence-electron chi connectivity index (χ1n) is 7.80. The zero-order valence-electron chi connectivity index (χ0n) is 14.1. The largest absolute Gasteiger partial charge is 0.478 e. The number of aromatic nitrogens is 1. The molecule has 0 bridgehead atoms. The van der Waals surface area contributed by atoms with Crippen molar-refractivity contribution in [1.29, 1.82) is 0 Å². The molecule has 0 aliphatic rings. The monoisotopic (exact) mass is 355 g/mol. The van der Waals surface area contributed by atoms with Crippen molar-refractivity contribution in [2.45, 2.75) is 6.92 Å². The number of carboxylic acid groups (broad SMARTS) is 1. The number of carbonyl (C=O) groups is 2. The van der Waals surface area contributed by atoms with E-state index >= 15 is 0 Å². The SMILES string of the molecule is Cc1c(F)ccc(F)c1-c1c(C(=O)O)cn(C)c1C(=O)c1ccccc1. The van der Waals surface area contributed by atoms with E-state index in [-0.39, 0.29) is 27.9 Å². The van der Waals surface area contributed by atoms with Crippen LogP contribution in [0, 0.1) is 18.6 Å². The lowest BCUT2D eigenvalue weighted by Gasteiger charge is -2.12. The van der Waals surface area contributed by atoms with Crippen LogP contribution in [0.5, 0.6) is 0 Å². The number of ketones is 1. The molecule has 1 aromatic heterocycles. The van der Waals surface area contributed by atoms with Crippen LogP contribution in [0.4, 0.5) is 8.78 Å². The molecule has 0 spiro atoms. The summed E-state index contributed by atoms with van der Waals surface area (Å²) >= 11 is 0. The predicted molar refractivity (Wildman–Crippen MR) is 92.3 cm³/mol. The lowest BCUT2D eigenvalue weighted by molar-refractivity contribution is 0.0697. The molecule has 26 heavy (non-hydrogen) atoms. The summed E-state index contributed by atoms with van der Waals surface area (Å²) in [6.07, 6.45) is 1.23. The summed E-state index contributed by atoms with van der Waals surface area (Å²) < 4.78 is 29.9. The Balaban J connectivity index is 2.37. The second-order valence-corrected chi connectivity index (χ2v) is 5.91. The zero-order valence-corrected chi connectivity index (χ0v) is 14.1. The van der Waals surface area contributed by atoms with Crippen molar-refractivity contribution in [3.05, 3.63) is 82.7 Å². The number of rotatable bonds is 4. The molecule has 0 radical (unpaired) electrons. The minimum absolute atomic E-state index is 0.0128. The number of benzene rings is 2. The summed E-state index contributed by atoms with van der Waals surface area (Å²) in [6, 6.07) is 10.1. The van der Waals surface area contributed by atoms with Crippen molar-refractivity contribution >= 4 is 11.8 Å². The van der Waals surface area contributed by atoms with E-state index in [2.05, 4.69) is 0 Å². The van der Waals surface area contributed by atoms with Crippen LogP contribution in [0.15, 0.2) is 48.7 Å². The molecule has 0 aliphatic heterocycles. The van der Waals surface area contributed by atoms with Gasteiger partial charge in [-0.2, -0.15) is 0 Å². The molecule has 132 valence electrons. The molecule has 2 aromatic carbocycles. The van der Waals surface area contributed by atoms with Gasteiger partial charge >= 0.3 is 5.97 Å². The van der Waals surface area contributed by atoms with Gasteiger partial charge in [0.1, 0.15) is 11.6 Å². The zero-order chi connectivity index (χ0) is 19.0. The number of halogens is 2. The maximum Gasteiger partial charge on any atom is 0.337 e. The average Bonchev–Trinajstić information content (AvgIpc) is 2.96. The fourth-order valence-electron chi connectivity index (χ4n) is 3.00. The van der Waals surface area contributed by atoms with E-state index < -0.39 is 23.4 Å². The quantitative estimate of drug-likeness (QED) is 0.713. The van der Waals surface area contributed by atoms with Gasteiger partial charge in [-0.25, -0.2) is 13.6 Å². The highest BCUT2D eigenvalue weighted by atomic mass is 19.1. The summed E-state index contributed by atoms with van der Waals surface area (Å²) in [5.41, 5.74) is -0.353. The Kier molecular flexibility index (Phi) is 4.42. The molecule has 0 saturated carbocycles. The standard InChI is InChI=1S/C20H15F2NO3/c1-11-14(21)8-9-15(22)16(11)17-13(20(25)26)10-23(2)18(17)19(24)12-6-4-3-5-7-12/h3-10H,1-2H3,(H,25,26). The number of nitrogens with zero attached hydrogens (tertiary/aromatic N) is 1. The highest BCUT2D eigenvalue weighted by molar-refractivity contribution is 6.15. The van der Waals surface area contributed by atoms with E-state index in [0.717, 1.165) is 12.1 Å². The fraction of sp³-hybridized carbons (Fsp3) is 0.100. The molecule has 0 amide bonds. The Morgan fingerprint density at radius 3 is 2.19 bits per heavy atom. The molecule has 3 rings (SSSR count). The van der Waals surface area contributed by atoms with E-state index in [1.165, 1.54) is 24.7 Å². The minimum atomic E-state index is -1.33. The van der Waals surface area contributed by atoms with E-state index in [1.54, 1.807) is 30.3 Å². The molecule has 0 fully saturated rings. The van der Waals surface area contributed by atoms with Gasteiger partial charge in [-0.15, -0.1) is 0 Å². The third-order valence-electron chi connectivity index (χ3n) is 4.26. The van der Waals surface area contributed by atoms with Gasteiger partial charge in [-0.05, 0) is 24.6 Å². The molecule has 6 heteroatoms. The molecule has 3 aromatic rings. The van der Waals surface area contributed by atoms with Gasteiger partial charge in [0.15, 0.2) is 0 Å². The lowest BCUT2D eigenvalue weighted by Crippen LogP contribution is -2.10. The molecule has 1 heterocycles. The smallest absolute Gasteiger partial charge is 0.337 e. The van der Waals surface area contributed by atoms with Crippen molar-refractivity contribution in [2.75, 3.05) is 0 Å². The minimum Gasteiger partial charge on any atom is -0.478 e. The number of hydrogen-bond donors (Lipinski definition) is 1. The summed E-state index contributed by atoms with van der Waals surface area (Å²) in [6.45, 7) is 1.35. The Morgan fingerprint density at radius 2 is 1.58 bits per heavy atom. The van der Waals surface area contributed by atoms with Crippen molar-refractivity contribution in [3.8, 4) is 11.1 Å². The van der Waals surface area contributed by atoms with Crippen molar-refractivity contribution < 1.29 is 23.5 Å². The van der Waals surface area contributed by atoms with E-state index in [1.807, 2.05) is 0 Å². The van der Waals surface area contributed by atoms with E-state index in [9.17, 15) is 23.5 Å². The molecule has 1 N–H and O–H groups in total. The van der Waals surface area contributed by atoms with Crippen molar-refractivity contribution in [2.24, 2.45) is 7.05 Å². The second kappa shape index (κ2) is 6.55. The van der Waals surface area contributed by atoms with Gasteiger partial charge < -0.3 is 9.67 Å². The van der Waals surface area contributed by atoms with E-state index in [4.69, 9.17) is 0 Å². The van der Waals surface area contributed by atoms with Crippen LogP contribution >= 0.6 is 0 Å². The normalized spacial score (nSPS) is 10.8. The maximum absolute atomic E-state index is 14.5. The number of carboxylic acids is 1. The lowest BCUT2D eigenvalue weighted by atomic mass is 9.93. The number of aromatic carboxylic acids is 1. The first-order chi connectivity index (χ1) is 12.3. The topological polar surface area (TPSA) is 59.3 Å². The van der Waals surface area contributed by atoms with Crippen molar-refractivity contribution in [3.63, 3.8) is 0 Å². The van der Waals surface area contributed by atoms with Gasteiger partial charge in [0.25, 0.3) is 0 Å². The third kappa shape index (κ3) is 2.79.